The van der Waals surface area contributed by atoms with Crippen LogP contribution in [0.15, 0.2) is 42.7 Å². The van der Waals surface area contributed by atoms with Gasteiger partial charge in [-0.3, -0.25) is 4.98 Å². The van der Waals surface area contributed by atoms with E-state index in [-0.39, 0.29) is 4.83 Å². The van der Waals surface area contributed by atoms with Crippen molar-refractivity contribution < 1.29 is 9.47 Å². The van der Waals surface area contributed by atoms with Gasteiger partial charge in [-0.05, 0) is 41.8 Å². The highest BCUT2D eigenvalue weighted by molar-refractivity contribution is 9.09. The third-order valence-electron chi connectivity index (χ3n) is 2.90. The van der Waals surface area contributed by atoms with E-state index in [4.69, 9.17) is 9.47 Å². The summed E-state index contributed by atoms with van der Waals surface area (Å²) >= 11 is 3.72. The molecule has 3 nitrogen and oxygen atoms in total. The monoisotopic (exact) mass is 321 g/mol. The summed E-state index contributed by atoms with van der Waals surface area (Å²) in [6, 6.07) is 9.94. The summed E-state index contributed by atoms with van der Waals surface area (Å²) in [6.07, 6.45) is 4.50. The topological polar surface area (TPSA) is 31.4 Å². The van der Waals surface area contributed by atoms with E-state index in [2.05, 4.69) is 20.9 Å². The van der Waals surface area contributed by atoms with Gasteiger partial charge < -0.3 is 9.47 Å². The Bertz CT molecular complexity index is 509. The van der Waals surface area contributed by atoms with Crippen LogP contribution >= 0.6 is 15.9 Å². The lowest BCUT2D eigenvalue weighted by Gasteiger charge is -2.13. The van der Waals surface area contributed by atoms with Gasteiger partial charge in [-0.2, -0.15) is 0 Å². The van der Waals surface area contributed by atoms with Crippen molar-refractivity contribution in [1.82, 2.24) is 4.98 Å². The van der Waals surface area contributed by atoms with Crippen LogP contribution < -0.4 is 9.47 Å². The maximum absolute atomic E-state index is 5.29. The van der Waals surface area contributed by atoms with E-state index in [1.165, 1.54) is 5.56 Å². The molecule has 1 unspecified atom stereocenters. The number of pyridine rings is 1. The summed E-state index contributed by atoms with van der Waals surface area (Å²) in [7, 11) is 3.31. The molecule has 1 atom stereocenters. The van der Waals surface area contributed by atoms with Crippen LogP contribution in [0, 0.1) is 0 Å². The van der Waals surface area contributed by atoms with Crippen LogP contribution in [0.1, 0.15) is 16.0 Å². The molecule has 1 aromatic carbocycles. The highest BCUT2D eigenvalue weighted by atomic mass is 79.9. The molecule has 0 radical (unpaired) electrons. The van der Waals surface area contributed by atoms with E-state index in [0.717, 1.165) is 23.5 Å². The van der Waals surface area contributed by atoms with Crippen molar-refractivity contribution in [3.05, 3.63) is 53.9 Å². The standard InChI is InChI=1S/C15H16BrNO2/c1-18-13-8-12(9-14(10-13)19-2)15(16)7-11-3-5-17-6-4-11/h3-6,8-10,15H,7H2,1-2H3. The normalized spacial score (nSPS) is 11.9. The largest absolute Gasteiger partial charge is 0.497 e. The summed E-state index contributed by atoms with van der Waals surface area (Å²) in [5.74, 6) is 1.60. The van der Waals surface area contributed by atoms with Gasteiger partial charge in [-0.1, -0.05) is 15.9 Å². The number of hydrogen-bond acceptors (Lipinski definition) is 3. The van der Waals surface area contributed by atoms with Crippen molar-refractivity contribution in [1.29, 1.82) is 0 Å². The van der Waals surface area contributed by atoms with Crippen LogP contribution in [0.2, 0.25) is 0 Å². The molecule has 0 bridgehead atoms. The van der Waals surface area contributed by atoms with Gasteiger partial charge in [0.25, 0.3) is 0 Å². The Labute approximate surface area is 121 Å². The molecule has 4 heteroatoms. The molecule has 0 fully saturated rings. The predicted molar refractivity (Wildman–Crippen MR) is 79.2 cm³/mol. The Hall–Kier alpha value is -1.55. The molecule has 0 saturated heterocycles. The Morgan fingerprint density at radius 2 is 1.63 bits per heavy atom. The zero-order chi connectivity index (χ0) is 13.7. The average molecular weight is 322 g/mol. The van der Waals surface area contributed by atoms with Crippen molar-refractivity contribution >= 4 is 15.9 Å². The Morgan fingerprint density at radius 1 is 1.05 bits per heavy atom. The molecular formula is C15H16BrNO2. The minimum atomic E-state index is 0.207. The minimum absolute atomic E-state index is 0.207. The molecule has 0 aliphatic carbocycles. The van der Waals surface area contributed by atoms with Gasteiger partial charge in [0.1, 0.15) is 11.5 Å². The van der Waals surface area contributed by atoms with E-state index in [1.54, 1.807) is 26.6 Å². The van der Waals surface area contributed by atoms with Gasteiger partial charge in [0.2, 0.25) is 0 Å². The molecule has 2 aromatic rings. The van der Waals surface area contributed by atoms with Crippen LogP contribution in [0.4, 0.5) is 0 Å². The number of methoxy groups -OCH3 is 2. The van der Waals surface area contributed by atoms with Gasteiger partial charge in [0.05, 0.1) is 14.2 Å². The van der Waals surface area contributed by atoms with E-state index >= 15 is 0 Å². The first kappa shape index (κ1) is 13.9. The van der Waals surface area contributed by atoms with Crippen LogP contribution in [0.3, 0.4) is 0 Å². The van der Waals surface area contributed by atoms with E-state index < -0.39 is 0 Å². The molecule has 0 aliphatic rings. The van der Waals surface area contributed by atoms with Gasteiger partial charge in [0, 0.05) is 23.3 Å². The SMILES string of the molecule is COc1cc(OC)cc(C(Br)Cc2ccncc2)c1. The third kappa shape index (κ3) is 3.70. The smallest absolute Gasteiger partial charge is 0.122 e. The Kier molecular flexibility index (Phi) is 4.80. The number of ether oxygens (including phenoxy) is 2. The molecule has 0 amide bonds. The van der Waals surface area contributed by atoms with E-state index in [0.29, 0.717) is 0 Å². The van der Waals surface area contributed by atoms with Crippen LogP contribution in [-0.4, -0.2) is 19.2 Å². The van der Waals surface area contributed by atoms with Gasteiger partial charge in [0.15, 0.2) is 0 Å². The molecule has 0 saturated carbocycles. The summed E-state index contributed by atoms with van der Waals surface area (Å²) in [5, 5.41) is 0. The molecule has 0 N–H and O–H groups in total. The molecule has 1 aromatic heterocycles. The quantitative estimate of drug-likeness (QED) is 0.785. The second-order valence-corrected chi connectivity index (χ2v) is 5.28. The van der Waals surface area contributed by atoms with Crippen LogP contribution in [-0.2, 0) is 6.42 Å². The molecule has 0 spiro atoms. The Balaban J connectivity index is 2.20. The fourth-order valence-electron chi connectivity index (χ4n) is 1.85. The summed E-state index contributed by atoms with van der Waals surface area (Å²) in [5.41, 5.74) is 2.37. The van der Waals surface area contributed by atoms with Crippen molar-refractivity contribution in [2.24, 2.45) is 0 Å². The highest BCUT2D eigenvalue weighted by Gasteiger charge is 2.11. The molecular weight excluding hydrogens is 306 g/mol. The molecule has 1 heterocycles. The zero-order valence-corrected chi connectivity index (χ0v) is 12.6. The van der Waals surface area contributed by atoms with Gasteiger partial charge in [-0.25, -0.2) is 0 Å². The molecule has 100 valence electrons. The highest BCUT2D eigenvalue weighted by Crippen LogP contribution is 2.32. The number of alkyl halides is 1. The summed E-state index contributed by atoms with van der Waals surface area (Å²) in [4.78, 5) is 4.23. The van der Waals surface area contributed by atoms with E-state index in [9.17, 15) is 0 Å². The molecule has 19 heavy (non-hydrogen) atoms. The van der Waals surface area contributed by atoms with Crippen molar-refractivity contribution in [2.75, 3.05) is 14.2 Å². The maximum atomic E-state index is 5.29. The number of hydrogen-bond donors (Lipinski definition) is 0. The first-order valence-corrected chi connectivity index (χ1v) is 6.90. The average Bonchev–Trinajstić information content (AvgIpc) is 2.47. The Morgan fingerprint density at radius 3 is 2.16 bits per heavy atom. The van der Waals surface area contributed by atoms with Crippen molar-refractivity contribution in [2.45, 2.75) is 11.2 Å². The van der Waals surface area contributed by atoms with Crippen molar-refractivity contribution in [3.63, 3.8) is 0 Å². The number of nitrogens with zero attached hydrogens (tertiary/aromatic N) is 1. The van der Waals surface area contributed by atoms with E-state index in [1.807, 2.05) is 30.3 Å². The summed E-state index contributed by atoms with van der Waals surface area (Å²) < 4.78 is 10.6. The second-order valence-electron chi connectivity index (χ2n) is 4.17. The lowest BCUT2D eigenvalue weighted by Crippen LogP contribution is -1.97. The number of rotatable bonds is 5. The fraction of sp³-hybridized carbons (Fsp3) is 0.267. The minimum Gasteiger partial charge on any atom is -0.497 e. The second kappa shape index (κ2) is 6.57. The lowest BCUT2D eigenvalue weighted by atomic mass is 10.0. The van der Waals surface area contributed by atoms with Gasteiger partial charge >= 0.3 is 0 Å². The predicted octanol–water partition coefficient (Wildman–Crippen LogP) is 3.78. The first-order chi connectivity index (χ1) is 9.22. The first-order valence-electron chi connectivity index (χ1n) is 5.99. The summed E-state index contributed by atoms with van der Waals surface area (Å²) in [6.45, 7) is 0. The van der Waals surface area contributed by atoms with Gasteiger partial charge in [-0.15, -0.1) is 0 Å². The van der Waals surface area contributed by atoms with Crippen LogP contribution in [0.25, 0.3) is 0 Å². The zero-order valence-electron chi connectivity index (χ0n) is 11.0. The number of benzene rings is 1. The molecule has 0 aliphatic heterocycles. The van der Waals surface area contributed by atoms with Crippen molar-refractivity contribution in [3.8, 4) is 11.5 Å². The lowest BCUT2D eigenvalue weighted by molar-refractivity contribution is 0.393. The van der Waals surface area contributed by atoms with Crippen LogP contribution in [0.5, 0.6) is 11.5 Å². The maximum Gasteiger partial charge on any atom is 0.122 e. The number of aromatic nitrogens is 1. The number of halogens is 1. The third-order valence-corrected chi connectivity index (χ3v) is 3.75. The fourth-order valence-corrected chi connectivity index (χ4v) is 2.49. The molecule has 2 rings (SSSR count).